The van der Waals surface area contributed by atoms with E-state index in [1.165, 1.54) is 0 Å². The second-order valence-corrected chi connectivity index (χ2v) is 6.65. The van der Waals surface area contributed by atoms with Crippen molar-refractivity contribution in [3.8, 4) is 0 Å². The summed E-state index contributed by atoms with van der Waals surface area (Å²) in [5, 5.41) is 15.1. The largest absolute Gasteiger partial charge is 0.480 e. The predicted molar refractivity (Wildman–Crippen MR) is 70.8 cm³/mol. The van der Waals surface area contributed by atoms with Gasteiger partial charge in [0.1, 0.15) is 5.54 Å². The first-order valence-electron chi connectivity index (χ1n) is 6.49. The van der Waals surface area contributed by atoms with E-state index < -0.39 is 11.5 Å². The Hall–Kier alpha value is -0.910. The maximum Gasteiger partial charge on any atom is 0.329 e. The topological polar surface area (TPSA) is 78.4 Å². The predicted octanol–water partition coefficient (Wildman–Crippen LogP) is 1.58. The molecule has 0 aliphatic heterocycles. The number of rotatable bonds is 5. The van der Waals surface area contributed by atoms with Crippen LogP contribution in [0.5, 0.6) is 0 Å². The molecule has 0 aromatic rings. The highest BCUT2D eigenvalue weighted by Gasteiger charge is 2.51. The minimum absolute atomic E-state index is 0.193. The molecule has 2 unspecified atom stereocenters. The average Bonchev–Trinajstić information content (AvgIpc) is 2.95. The van der Waals surface area contributed by atoms with Gasteiger partial charge in [-0.2, -0.15) is 11.8 Å². The van der Waals surface area contributed by atoms with Crippen molar-refractivity contribution in [1.29, 1.82) is 0 Å². The van der Waals surface area contributed by atoms with Gasteiger partial charge in [0.2, 0.25) is 0 Å². The molecule has 6 heteroatoms. The Morgan fingerprint density at radius 3 is 2.67 bits per heavy atom. The molecule has 2 aliphatic rings. The van der Waals surface area contributed by atoms with Gasteiger partial charge in [0, 0.05) is 11.3 Å². The van der Waals surface area contributed by atoms with Crippen molar-refractivity contribution in [2.24, 2.45) is 0 Å². The SMILES string of the molecule is CCSC1CCC(NC(=O)NC2(C(=O)O)CC2)C1. The maximum atomic E-state index is 11.7. The van der Waals surface area contributed by atoms with Crippen molar-refractivity contribution < 1.29 is 14.7 Å². The van der Waals surface area contributed by atoms with E-state index in [9.17, 15) is 9.59 Å². The smallest absolute Gasteiger partial charge is 0.329 e. The summed E-state index contributed by atoms with van der Waals surface area (Å²) in [6.45, 7) is 2.14. The highest BCUT2D eigenvalue weighted by Crippen LogP contribution is 2.35. The summed E-state index contributed by atoms with van der Waals surface area (Å²) in [5.74, 6) is 0.176. The fourth-order valence-corrected chi connectivity index (χ4v) is 3.56. The first-order chi connectivity index (χ1) is 8.55. The fraction of sp³-hybridized carbons (Fsp3) is 0.833. The third-order valence-electron chi connectivity index (χ3n) is 3.63. The van der Waals surface area contributed by atoms with Crippen molar-refractivity contribution in [3.63, 3.8) is 0 Å². The molecule has 2 atom stereocenters. The summed E-state index contributed by atoms with van der Waals surface area (Å²) in [7, 11) is 0. The van der Waals surface area contributed by atoms with E-state index in [1.807, 2.05) is 11.8 Å². The molecule has 0 spiro atoms. The van der Waals surface area contributed by atoms with Gasteiger partial charge in [-0.05, 0) is 37.9 Å². The number of thioether (sulfide) groups is 1. The third-order valence-corrected chi connectivity index (χ3v) is 4.87. The third kappa shape index (κ3) is 3.10. The van der Waals surface area contributed by atoms with Crippen molar-refractivity contribution >= 4 is 23.8 Å². The Morgan fingerprint density at radius 2 is 2.11 bits per heavy atom. The zero-order valence-corrected chi connectivity index (χ0v) is 11.4. The number of hydrogen-bond donors (Lipinski definition) is 3. The minimum atomic E-state index is -0.986. The lowest BCUT2D eigenvalue weighted by atomic mass is 10.2. The number of hydrogen-bond acceptors (Lipinski definition) is 3. The van der Waals surface area contributed by atoms with Crippen molar-refractivity contribution in [2.75, 3.05) is 5.75 Å². The number of nitrogens with one attached hydrogen (secondary N) is 2. The lowest BCUT2D eigenvalue weighted by Gasteiger charge is -2.17. The molecule has 0 saturated heterocycles. The number of carbonyl (C=O) groups excluding carboxylic acids is 1. The fourth-order valence-electron chi connectivity index (χ4n) is 2.41. The molecule has 2 saturated carbocycles. The molecular formula is C12H20N2O3S. The summed E-state index contributed by atoms with van der Waals surface area (Å²) in [6, 6.07) is -0.138. The van der Waals surface area contributed by atoms with Crippen molar-refractivity contribution in [1.82, 2.24) is 10.6 Å². The molecule has 2 amide bonds. The van der Waals surface area contributed by atoms with Crippen LogP contribution in [0.3, 0.4) is 0 Å². The van der Waals surface area contributed by atoms with E-state index in [-0.39, 0.29) is 12.1 Å². The molecule has 0 bridgehead atoms. The van der Waals surface area contributed by atoms with E-state index in [4.69, 9.17) is 5.11 Å². The summed E-state index contributed by atoms with van der Waals surface area (Å²) < 4.78 is 0. The molecular weight excluding hydrogens is 252 g/mol. The van der Waals surface area contributed by atoms with Gasteiger partial charge >= 0.3 is 12.0 Å². The number of carboxylic acids is 1. The van der Waals surface area contributed by atoms with Gasteiger partial charge in [0.15, 0.2) is 0 Å². The van der Waals surface area contributed by atoms with Crippen LogP contribution in [0.1, 0.15) is 39.0 Å². The molecule has 102 valence electrons. The number of aliphatic carboxylic acids is 1. The second kappa shape index (κ2) is 5.38. The van der Waals surface area contributed by atoms with Gasteiger partial charge in [-0.15, -0.1) is 0 Å². The Bertz CT molecular complexity index is 344. The molecule has 0 heterocycles. The normalized spacial score (nSPS) is 28.7. The minimum Gasteiger partial charge on any atom is -0.480 e. The van der Waals surface area contributed by atoms with Crippen LogP contribution < -0.4 is 10.6 Å². The number of carboxylic acid groups (broad SMARTS) is 1. The first-order valence-corrected chi connectivity index (χ1v) is 7.54. The van der Waals surface area contributed by atoms with Gasteiger partial charge in [-0.1, -0.05) is 6.92 Å². The van der Waals surface area contributed by atoms with Crippen LogP contribution in [0.4, 0.5) is 4.79 Å². The highest BCUT2D eigenvalue weighted by molar-refractivity contribution is 7.99. The average molecular weight is 272 g/mol. The van der Waals surface area contributed by atoms with Gasteiger partial charge in [0.05, 0.1) is 0 Å². The molecule has 5 nitrogen and oxygen atoms in total. The second-order valence-electron chi connectivity index (χ2n) is 5.07. The quantitative estimate of drug-likeness (QED) is 0.710. The van der Waals surface area contributed by atoms with Crippen LogP contribution in [-0.2, 0) is 4.79 Å². The van der Waals surface area contributed by atoms with Gasteiger partial charge in [-0.25, -0.2) is 9.59 Å². The zero-order valence-electron chi connectivity index (χ0n) is 10.6. The molecule has 3 N–H and O–H groups in total. The number of carbonyl (C=O) groups is 2. The molecule has 0 aromatic carbocycles. The lowest BCUT2D eigenvalue weighted by molar-refractivity contribution is -0.140. The molecule has 2 fully saturated rings. The van der Waals surface area contributed by atoms with Crippen LogP contribution in [-0.4, -0.2) is 39.7 Å². The first kappa shape index (κ1) is 13.5. The standard InChI is InChI=1S/C12H20N2O3S/c1-2-18-9-4-3-8(7-9)13-11(17)14-12(5-6-12)10(15)16/h8-9H,2-7H2,1H3,(H,15,16)(H2,13,14,17). The van der Waals surface area contributed by atoms with Gasteiger partial charge in [-0.3, -0.25) is 0 Å². The van der Waals surface area contributed by atoms with E-state index in [0.29, 0.717) is 18.1 Å². The van der Waals surface area contributed by atoms with E-state index in [1.54, 1.807) is 0 Å². The van der Waals surface area contributed by atoms with Crippen LogP contribution in [0, 0.1) is 0 Å². The number of urea groups is 1. The van der Waals surface area contributed by atoms with Gasteiger partial charge < -0.3 is 15.7 Å². The molecule has 18 heavy (non-hydrogen) atoms. The van der Waals surface area contributed by atoms with E-state index in [0.717, 1.165) is 25.0 Å². The Kier molecular flexibility index (Phi) is 4.04. The molecule has 2 rings (SSSR count). The van der Waals surface area contributed by atoms with Crippen LogP contribution >= 0.6 is 11.8 Å². The molecule has 0 aromatic heterocycles. The monoisotopic (exact) mass is 272 g/mol. The van der Waals surface area contributed by atoms with Gasteiger partial charge in [0.25, 0.3) is 0 Å². The van der Waals surface area contributed by atoms with Crippen molar-refractivity contribution in [3.05, 3.63) is 0 Å². The maximum absolute atomic E-state index is 11.7. The summed E-state index contributed by atoms with van der Waals surface area (Å²) in [4.78, 5) is 22.7. The Morgan fingerprint density at radius 1 is 1.39 bits per heavy atom. The molecule has 2 aliphatic carbocycles. The summed E-state index contributed by atoms with van der Waals surface area (Å²) >= 11 is 1.93. The van der Waals surface area contributed by atoms with Crippen LogP contribution in [0.2, 0.25) is 0 Å². The van der Waals surface area contributed by atoms with E-state index >= 15 is 0 Å². The Labute approximate surface area is 111 Å². The number of amides is 2. The zero-order chi connectivity index (χ0) is 13.2. The van der Waals surface area contributed by atoms with Crippen LogP contribution in [0.25, 0.3) is 0 Å². The highest BCUT2D eigenvalue weighted by atomic mass is 32.2. The van der Waals surface area contributed by atoms with Crippen molar-refractivity contribution in [2.45, 2.75) is 55.9 Å². The van der Waals surface area contributed by atoms with Crippen LogP contribution in [0.15, 0.2) is 0 Å². The summed E-state index contributed by atoms with van der Waals surface area (Å²) in [6.07, 6.45) is 4.19. The van der Waals surface area contributed by atoms with E-state index in [2.05, 4.69) is 17.6 Å². The lowest BCUT2D eigenvalue weighted by Crippen LogP contribution is -2.50. The summed E-state index contributed by atoms with van der Waals surface area (Å²) in [5.41, 5.74) is -0.986. The Balaban J connectivity index is 1.74. The molecule has 0 radical (unpaired) electrons.